The van der Waals surface area contributed by atoms with E-state index in [0.29, 0.717) is 0 Å². The number of hydrogen-bond donors (Lipinski definition) is 0. The molecule has 0 aromatic heterocycles. The van der Waals surface area contributed by atoms with Crippen LogP contribution in [-0.2, 0) is 23.9 Å². The van der Waals surface area contributed by atoms with E-state index in [2.05, 4.69) is 9.47 Å². The molecule has 116 valence electrons. The molecule has 1 saturated heterocycles. The van der Waals surface area contributed by atoms with Gasteiger partial charge in [-0.2, -0.15) is 5.06 Å². The van der Waals surface area contributed by atoms with Crippen molar-refractivity contribution in [3.63, 3.8) is 0 Å². The van der Waals surface area contributed by atoms with E-state index in [0.717, 1.165) is 19.3 Å². The molecule has 1 rings (SSSR count). The van der Waals surface area contributed by atoms with Gasteiger partial charge in [0.25, 0.3) is 6.10 Å². The van der Waals surface area contributed by atoms with Crippen LogP contribution in [0.3, 0.4) is 0 Å². The van der Waals surface area contributed by atoms with Crippen LogP contribution in [0.15, 0.2) is 0 Å². The van der Waals surface area contributed by atoms with Crippen LogP contribution >= 0.6 is 0 Å². The number of hydrogen-bond acceptors (Lipinski definition) is 6. The Morgan fingerprint density at radius 3 is 1.70 bits per heavy atom. The number of esters is 2. The van der Waals surface area contributed by atoms with Crippen molar-refractivity contribution in [1.82, 2.24) is 5.06 Å². The Kier molecular flexibility index (Phi) is 5.15. The van der Waals surface area contributed by atoms with Gasteiger partial charge in [-0.15, -0.1) is 0 Å². The van der Waals surface area contributed by atoms with Gasteiger partial charge in [-0.3, -0.25) is 4.84 Å². The third kappa shape index (κ3) is 3.49. The summed E-state index contributed by atoms with van der Waals surface area (Å²) in [5, 5.41) is 1.74. The van der Waals surface area contributed by atoms with Crippen LogP contribution in [0.25, 0.3) is 0 Å². The Bertz CT molecular complexity index is 346. The average molecular weight is 287 g/mol. The Hall–Kier alpha value is -1.14. The molecule has 1 fully saturated rings. The summed E-state index contributed by atoms with van der Waals surface area (Å²) >= 11 is 0. The first-order chi connectivity index (χ1) is 9.15. The van der Waals surface area contributed by atoms with Gasteiger partial charge >= 0.3 is 11.9 Å². The van der Waals surface area contributed by atoms with Gasteiger partial charge in [0.05, 0.1) is 14.2 Å². The lowest BCUT2D eigenvalue weighted by atomic mass is 9.82. The maximum atomic E-state index is 11.7. The summed E-state index contributed by atoms with van der Waals surface area (Å²) in [5.74, 6) is -1.51. The SMILES string of the molecule is COC(=O)C(ON1C(C)(C)CCCC1(C)C)C(=O)OC. The van der Waals surface area contributed by atoms with Crippen LogP contribution in [0.5, 0.6) is 0 Å². The fourth-order valence-electron chi connectivity index (χ4n) is 2.76. The monoisotopic (exact) mass is 287 g/mol. The zero-order valence-corrected chi connectivity index (χ0v) is 13.2. The minimum absolute atomic E-state index is 0.276. The van der Waals surface area contributed by atoms with E-state index < -0.39 is 18.0 Å². The molecular weight excluding hydrogens is 262 g/mol. The maximum Gasteiger partial charge on any atom is 0.348 e. The number of nitrogens with zero attached hydrogens (tertiary/aromatic N) is 1. The third-order valence-corrected chi connectivity index (χ3v) is 3.72. The summed E-state index contributed by atoms with van der Waals surface area (Å²) in [7, 11) is 2.43. The molecule has 0 bridgehead atoms. The molecule has 0 radical (unpaired) electrons. The highest BCUT2D eigenvalue weighted by atomic mass is 16.7. The summed E-state index contributed by atoms with van der Waals surface area (Å²) in [6.07, 6.45) is 1.53. The number of ether oxygens (including phenoxy) is 2. The fourth-order valence-corrected chi connectivity index (χ4v) is 2.76. The van der Waals surface area contributed by atoms with E-state index in [4.69, 9.17) is 4.84 Å². The van der Waals surface area contributed by atoms with E-state index in [-0.39, 0.29) is 11.1 Å². The lowest BCUT2D eigenvalue weighted by Crippen LogP contribution is -2.60. The lowest BCUT2D eigenvalue weighted by molar-refractivity contribution is -0.300. The van der Waals surface area contributed by atoms with Crippen molar-refractivity contribution in [2.75, 3.05) is 14.2 Å². The summed E-state index contributed by atoms with van der Waals surface area (Å²) in [6.45, 7) is 8.11. The van der Waals surface area contributed by atoms with Gasteiger partial charge in [0, 0.05) is 11.1 Å². The van der Waals surface area contributed by atoms with Gasteiger partial charge < -0.3 is 9.47 Å². The van der Waals surface area contributed by atoms with Gasteiger partial charge in [0.2, 0.25) is 0 Å². The molecule has 0 unspecified atom stereocenters. The van der Waals surface area contributed by atoms with E-state index in [9.17, 15) is 9.59 Å². The lowest BCUT2D eigenvalue weighted by Gasteiger charge is -2.51. The maximum absolute atomic E-state index is 11.7. The average Bonchev–Trinajstić information content (AvgIpc) is 2.35. The van der Waals surface area contributed by atoms with Crippen molar-refractivity contribution in [1.29, 1.82) is 0 Å². The second-order valence-corrected chi connectivity index (χ2v) is 6.30. The normalized spacial score (nSPS) is 21.6. The van der Waals surface area contributed by atoms with Gasteiger partial charge in [-0.1, -0.05) is 0 Å². The summed E-state index contributed by atoms with van der Waals surface area (Å²) in [4.78, 5) is 29.2. The molecule has 0 N–H and O–H groups in total. The zero-order valence-electron chi connectivity index (χ0n) is 13.2. The molecule has 0 amide bonds. The minimum atomic E-state index is -1.39. The van der Waals surface area contributed by atoms with Crippen molar-refractivity contribution in [3.8, 4) is 0 Å². The molecule has 0 aromatic rings. The smallest absolute Gasteiger partial charge is 0.348 e. The van der Waals surface area contributed by atoms with Crippen LogP contribution in [0.1, 0.15) is 47.0 Å². The molecule has 0 aliphatic carbocycles. The van der Waals surface area contributed by atoms with E-state index in [1.807, 2.05) is 27.7 Å². The van der Waals surface area contributed by atoms with Crippen molar-refractivity contribution < 1.29 is 23.9 Å². The molecule has 20 heavy (non-hydrogen) atoms. The van der Waals surface area contributed by atoms with Crippen molar-refractivity contribution in [2.45, 2.75) is 64.1 Å². The number of rotatable bonds is 4. The largest absolute Gasteiger partial charge is 0.467 e. The molecule has 0 saturated carbocycles. The third-order valence-electron chi connectivity index (χ3n) is 3.72. The second kappa shape index (κ2) is 6.10. The first-order valence-electron chi connectivity index (χ1n) is 6.78. The van der Waals surface area contributed by atoms with Crippen LogP contribution in [0.4, 0.5) is 0 Å². The first-order valence-corrected chi connectivity index (χ1v) is 6.78. The predicted octanol–water partition coefficient (Wildman–Crippen LogP) is 1.68. The number of carbonyl (C=O) groups is 2. The molecule has 1 aliphatic rings. The molecule has 6 heteroatoms. The van der Waals surface area contributed by atoms with Gasteiger partial charge in [-0.05, 0) is 47.0 Å². The Balaban J connectivity index is 3.00. The van der Waals surface area contributed by atoms with Crippen molar-refractivity contribution in [2.24, 2.45) is 0 Å². The van der Waals surface area contributed by atoms with E-state index in [1.54, 1.807) is 5.06 Å². The Morgan fingerprint density at radius 1 is 0.950 bits per heavy atom. The molecular formula is C14H25NO5. The molecule has 0 atom stereocenters. The van der Waals surface area contributed by atoms with Crippen LogP contribution in [-0.4, -0.2) is 48.4 Å². The second-order valence-electron chi connectivity index (χ2n) is 6.30. The topological polar surface area (TPSA) is 65.1 Å². The Morgan fingerprint density at radius 2 is 1.35 bits per heavy atom. The van der Waals surface area contributed by atoms with E-state index >= 15 is 0 Å². The number of hydroxylamine groups is 2. The number of carbonyl (C=O) groups excluding carboxylic acids is 2. The van der Waals surface area contributed by atoms with Crippen molar-refractivity contribution in [3.05, 3.63) is 0 Å². The summed E-state index contributed by atoms with van der Waals surface area (Å²) in [6, 6.07) is 0. The Labute approximate surface area is 120 Å². The quantitative estimate of drug-likeness (QED) is 0.579. The van der Waals surface area contributed by atoms with Crippen LogP contribution in [0, 0.1) is 0 Å². The highest BCUT2D eigenvalue weighted by molar-refractivity contribution is 5.97. The first kappa shape index (κ1) is 16.9. The predicted molar refractivity (Wildman–Crippen MR) is 72.8 cm³/mol. The molecule has 0 spiro atoms. The molecule has 1 aliphatic heterocycles. The molecule has 1 heterocycles. The van der Waals surface area contributed by atoms with E-state index in [1.165, 1.54) is 14.2 Å². The van der Waals surface area contributed by atoms with Crippen LogP contribution < -0.4 is 0 Å². The highest BCUT2D eigenvalue weighted by Gasteiger charge is 2.46. The molecule has 0 aromatic carbocycles. The number of piperidine rings is 1. The zero-order chi connectivity index (χ0) is 15.6. The van der Waals surface area contributed by atoms with Crippen LogP contribution in [0.2, 0.25) is 0 Å². The summed E-state index contributed by atoms with van der Waals surface area (Å²) in [5.41, 5.74) is -0.552. The highest BCUT2D eigenvalue weighted by Crippen LogP contribution is 2.38. The number of methoxy groups -OCH3 is 2. The summed E-state index contributed by atoms with van der Waals surface area (Å²) < 4.78 is 9.24. The minimum Gasteiger partial charge on any atom is -0.467 e. The van der Waals surface area contributed by atoms with Gasteiger partial charge in [-0.25, -0.2) is 9.59 Å². The van der Waals surface area contributed by atoms with Gasteiger partial charge in [0.1, 0.15) is 0 Å². The fraction of sp³-hybridized carbons (Fsp3) is 0.857. The van der Waals surface area contributed by atoms with Gasteiger partial charge in [0.15, 0.2) is 0 Å². The molecule has 6 nitrogen and oxygen atoms in total. The standard InChI is InChI=1S/C14H25NO5/c1-13(2)8-7-9-14(3,4)15(13)20-10(11(16)18-5)12(17)19-6/h10H,7-9H2,1-6H3. The van der Waals surface area contributed by atoms with Crippen molar-refractivity contribution >= 4 is 11.9 Å².